The van der Waals surface area contributed by atoms with Crippen molar-refractivity contribution in [2.75, 3.05) is 34.0 Å². The van der Waals surface area contributed by atoms with E-state index in [-0.39, 0.29) is 26.0 Å². The minimum absolute atomic E-state index is 0. The Balaban J connectivity index is -0.0000000411. The second-order valence-electron chi connectivity index (χ2n) is 1.69. The Labute approximate surface area is 104 Å². The lowest BCUT2D eigenvalue weighted by Crippen LogP contribution is -2.02. The summed E-state index contributed by atoms with van der Waals surface area (Å²) in [4.78, 5) is 0. The van der Waals surface area contributed by atoms with Gasteiger partial charge in [-0.15, -0.1) is 0 Å². The molecule has 0 aromatic heterocycles. The molecule has 0 aromatic rings. The van der Waals surface area contributed by atoms with E-state index in [0.29, 0.717) is 0 Å². The van der Waals surface area contributed by atoms with Crippen LogP contribution in [0.4, 0.5) is 0 Å². The van der Waals surface area contributed by atoms with Crippen LogP contribution in [0.2, 0.25) is 0 Å². The molecule has 0 spiro atoms. The van der Waals surface area contributed by atoms with E-state index >= 15 is 0 Å². The quantitative estimate of drug-likeness (QED) is 0.538. The summed E-state index contributed by atoms with van der Waals surface area (Å²) < 4.78 is 27.5. The third kappa shape index (κ3) is 90.6. The molecule has 0 rings (SSSR count). The molecule has 0 heterocycles. The van der Waals surface area contributed by atoms with Gasteiger partial charge in [-0.1, -0.05) is 0 Å². The van der Waals surface area contributed by atoms with Crippen LogP contribution in [-0.4, -0.2) is 57.8 Å². The Hall–Kier alpha value is -0.290. The molecule has 0 saturated carbocycles. The monoisotopic (exact) mass is 281 g/mol. The van der Waals surface area contributed by atoms with Crippen molar-refractivity contribution in [3.05, 3.63) is 0 Å². The smallest absolute Gasteiger partial charge is 0.397 e. The lowest BCUT2D eigenvalue weighted by Gasteiger charge is -1.91. The zero-order valence-electron chi connectivity index (χ0n) is 11.2. The maximum absolute atomic E-state index is 9.92. The fourth-order valence-corrected chi connectivity index (χ4v) is 0.204. The summed E-state index contributed by atoms with van der Waals surface area (Å²) in [6, 6.07) is 0. The van der Waals surface area contributed by atoms with E-state index in [0.717, 1.165) is 14.2 Å². The Morgan fingerprint density at radius 1 is 0.824 bits per heavy atom. The molecule has 9 heteroatoms. The van der Waals surface area contributed by atoms with Crippen molar-refractivity contribution in [3.63, 3.8) is 0 Å². The first-order valence-electron chi connectivity index (χ1n) is 4.55. The van der Waals surface area contributed by atoms with Crippen LogP contribution in [0.5, 0.6) is 0 Å². The highest BCUT2D eigenvalue weighted by Gasteiger charge is 2.01. The first kappa shape index (κ1) is 30.1. The Morgan fingerprint density at radius 2 is 0.941 bits per heavy atom. The molecule has 6 N–H and O–H groups in total. The first-order chi connectivity index (χ1) is 7.36. The van der Waals surface area contributed by atoms with Gasteiger partial charge in [-0.2, -0.15) is 8.42 Å². The van der Waals surface area contributed by atoms with Gasteiger partial charge in [0.1, 0.15) is 0 Å². The van der Waals surface area contributed by atoms with E-state index in [2.05, 4.69) is 8.37 Å². The molecule has 0 saturated heterocycles. The van der Waals surface area contributed by atoms with Crippen LogP contribution in [0.1, 0.15) is 20.8 Å². The fourth-order valence-electron chi connectivity index (χ4n) is 0.0680. The maximum Gasteiger partial charge on any atom is 0.399 e. The Morgan fingerprint density at radius 3 is 0.941 bits per heavy atom. The highest BCUT2D eigenvalue weighted by Crippen LogP contribution is 1.85. The molecule has 8 nitrogen and oxygen atoms in total. The van der Waals surface area contributed by atoms with Gasteiger partial charge in [-0.05, 0) is 20.8 Å². The number of hydrogen-bond acceptors (Lipinski definition) is 8. The first-order valence-corrected chi connectivity index (χ1v) is 5.89. The largest absolute Gasteiger partial charge is 0.399 e. The minimum atomic E-state index is -3.66. The molecule has 0 aliphatic heterocycles. The lowest BCUT2D eigenvalue weighted by atomic mass is 10.9. The molecule has 0 atom stereocenters. The molecule has 0 aliphatic rings. The second-order valence-corrected chi connectivity index (χ2v) is 3.17. The average Bonchev–Trinajstić information content (AvgIpc) is 2.21. The van der Waals surface area contributed by atoms with Crippen molar-refractivity contribution in [2.45, 2.75) is 20.8 Å². The minimum Gasteiger partial charge on any atom is -0.397 e. The van der Waals surface area contributed by atoms with Crippen LogP contribution < -0.4 is 6.15 Å². The molecule has 0 bridgehead atoms. The van der Waals surface area contributed by atoms with Crippen molar-refractivity contribution >= 4 is 10.4 Å². The van der Waals surface area contributed by atoms with E-state index in [1.807, 2.05) is 0 Å². The Kier molecular flexibility index (Phi) is 52.4. The summed E-state index contributed by atoms with van der Waals surface area (Å²) in [6.45, 7) is 5.79. The van der Waals surface area contributed by atoms with Gasteiger partial charge in [0.05, 0.1) is 14.2 Å². The third-order valence-corrected chi connectivity index (χ3v) is 1.22. The lowest BCUT2D eigenvalue weighted by molar-refractivity contribution is 0.286. The van der Waals surface area contributed by atoms with Crippen LogP contribution in [0.15, 0.2) is 0 Å². The molecular formula is C8H27NO7S. The van der Waals surface area contributed by atoms with E-state index < -0.39 is 10.4 Å². The molecule has 0 fully saturated rings. The van der Waals surface area contributed by atoms with Crippen molar-refractivity contribution in [1.29, 1.82) is 0 Å². The highest BCUT2D eigenvalue weighted by molar-refractivity contribution is 7.81. The van der Waals surface area contributed by atoms with Crippen molar-refractivity contribution in [2.24, 2.45) is 0 Å². The van der Waals surface area contributed by atoms with Crippen molar-refractivity contribution in [3.8, 4) is 0 Å². The molecular weight excluding hydrogens is 254 g/mol. The van der Waals surface area contributed by atoms with Gasteiger partial charge in [0.15, 0.2) is 0 Å². The number of rotatable bonds is 2. The number of aliphatic hydroxyl groups is 3. The fraction of sp³-hybridized carbons (Fsp3) is 1.00. The van der Waals surface area contributed by atoms with Crippen LogP contribution in [0, 0.1) is 0 Å². The van der Waals surface area contributed by atoms with Crippen LogP contribution in [-0.2, 0) is 18.8 Å². The van der Waals surface area contributed by atoms with Gasteiger partial charge in [0.25, 0.3) is 0 Å². The summed E-state index contributed by atoms with van der Waals surface area (Å²) >= 11 is 0. The van der Waals surface area contributed by atoms with Crippen molar-refractivity contribution < 1.29 is 32.1 Å². The summed E-state index contributed by atoms with van der Waals surface area (Å²) in [5, 5.41) is 22.7. The number of hydrogen-bond donors (Lipinski definition) is 4. The van der Waals surface area contributed by atoms with Crippen LogP contribution in [0.25, 0.3) is 0 Å². The predicted molar refractivity (Wildman–Crippen MR) is 66.2 cm³/mol. The van der Waals surface area contributed by atoms with Gasteiger partial charge in [0.2, 0.25) is 0 Å². The molecule has 0 aromatic carbocycles. The van der Waals surface area contributed by atoms with Gasteiger partial charge < -0.3 is 21.5 Å². The van der Waals surface area contributed by atoms with Gasteiger partial charge in [-0.25, -0.2) is 0 Å². The average molecular weight is 281 g/mol. The summed E-state index contributed by atoms with van der Waals surface area (Å²) in [7, 11) is -1.60. The van der Waals surface area contributed by atoms with Gasteiger partial charge in [0, 0.05) is 19.8 Å². The molecule has 112 valence electrons. The summed E-state index contributed by atoms with van der Waals surface area (Å²) in [6.07, 6.45) is 0. The SMILES string of the molecule is CCO.CCO.CCO.COS(=O)(=O)OC.N. The molecule has 0 amide bonds. The van der Waals surface area contributed by atoms with E-state index in [9.17, 15) is 8.42 Å². The van der Waals surface area contributed by atoms with E-state index in [1.165, 1.54) is 0 Å². The maximum atomic E-state index is 9.92. The highest BCUT2D eigenvalue weighted by atomic mass is 32.3. The molecule has 0 radical (unpaired) electrons. The summed E-state index contributed by atoms with van der Waals surface area (Å²) in [5.74, 6) is 0. The molecule has 0 aliphatic carbocycles. The van der Waals surface area contributed by atoms with Crippen LogP contribution >= 0.6 is 0 Å². The zero-order valence-corrected chi connectivity index (χ0v) is 12.0. The van der Waals surface area contributed by atoms with Gasteiger partial charge >= 0.3 is 10.4 Å². The van der Waals surface area contributed by atoms with Crippen molar-refractivity contribution in [1.82, 2.24) is 6.15 Å². The third-order valence-electron chi connectivity index (χ3n) is 0.408. The van der Waals surface area contributed by atoms with Crippen LogP contribution in [0.3, 0.4) is 0 Å². The Bertz CT molecular complexity index is 158. The zero-order chi connectivity index (χ0) is 14.0. The standard InChI is InChI=1S/C2H6O4S.3C2H6O.H3N/c1-5-7(3,4)6-2;3*1-2-3;/h1-2H3;3*3H,2H2,1H3;1H3. The predicted octanol–water partition coefficient (Wildman–Crippen LogP) is -0.318. The summed E-state index contributed by atoms with van der Waals surface area (Å²) in [5.41, 5.74) is 0. The second kappa shape index (κ2) is 29.6. The molecule has 0 unspecified atom stereocenters. The van der Waals surface area contributed by atoms with E-state index in [4.69, 9.17) is 15.3 Å². The number of aliphatic hydroxyl groups excluding tert-OH is 3. The van der Waals surface area contributed by atoms with Gasteiger partial charge in [-0.3, -0.25) is 8.37 Å². The van der Waals surface area contributed by atoms with E-state index in [1.54, 1.807) is 20.8 Å². The normalized spacial score (nSPS) is 8.00. The topological polar surface area (TPSA) is 148 Å². The molecule has 17 heavy (non-hydrogen) atoms.